The van der Waals surface area contributed by atoms with Crippen LogP contribution in [0.4, 0.5) is 10.1 Å². The molecule has 1 N–H and O–H groups in total. The summed E-state index contributed by atoms with van der Waals surface area (Å²) in [6.07, 6.45) is 1.65. The fourth-order valence-corrected chi connectivity index (χ4v) is 5.46. The second kappa shape index (κ2) is 6.98. The van der Waals surface area contributed by atoms with Gasteiger partial charge in [0.1, 0.15) is 5.82 Å². The molecule has 2 aromatic rings. The van der Waals surface area contributed by atoms with E-state index in [1.165, 1.54) is 40.7 Å². The summed E-state index contributed by atoms with van der Waals surface area (Å²) in [7, 11) is -7.51. The van der Waals surface area contributed by atoms with Crippen molar-refractivity contribution >= 4 is 25.7 Å². The van der Waals surface area contributed by atoms with Gasteiger partial charge in [-0.3, -0.25) is 4.72 Å². The number of aryl methyl sites for hydroxylation is 1. The lowest BCUT2D eigenvalue weighted by Gasteiger charge is -2.16. The minimum Gasteiger partial charge on any atom is -0.279 e. The predicted octanol–water partition coefficient (Wildman–Crippen LogP) is 2.72. The van der Waals surface area contributed by atoms with Crippen LogP contribution in [0.15, 0.2) is 52.3 Å². The number of hydrogen-bond donors (Lipinski definition) is 1. The Labute approximate surface area is 152 Å². The minimum absolute atomic E-state index is 0.0660. The van der Waals surface area contributed by atoms with E-state index in [1.54, 1.807) is 6.92 Å². The highest BCUT2D eigenvalue weighted by Gasteiger charge is 2.27. The second-order valence-corrected chi connectivity index (χ2v) is 9.77. The summed E-state index contributed by atoms with van der Waals surface area (Å²) in [6.45, 7) is 2.55. The first-order valence-corrected chi connectivity index (χ1v) is 11.0. The third-order valence-corrected chi connectivity index (χ3v) is 7.56. The van der Waals surface area contributed by atoms with E-state index in [4.69, 9.17) is 0 Å². The van der Waals surface area contributed by atoms with Crippen molar-refractivity contribution in [3.8, 4) is 0 Å². The van der Waals surface area contributed by atoms with Crippen LogP contribution in [0.5, 0.6) is 0 Å². The molecule has 6 nitrogen and oxygen atoms in total. The zero-order chi connectivity index (χ0) is 18.9. The van der Waals surface area contributed by atoms with Gasteiger partial charge in [-0.1, -0.05) is 0 Å². The lowest BCUT2D eigenvalue weighted by Crippen LogP contribution is -2.27. The normalized spacial score (nSPS) is 15.9. The van der Waals surface area contributed by atoms with Crippen LogP contribution >= 0.6 is 0 Å². The Bertz CT molecular complexity index is 1010. The molecule has 0 unspecified atom stereocenters. The van der Waals surface area contributed by atoms with Gasteiger partial charge in [0.2, 0.25) is 10.0 Å². The molecule has 1 aliphatic heterocycles. The number of nitrogens with zero attached hydrogens (tertiary/aromatic N) is 1. The average molecular weight is 398 g/mol. The lowest BCUT2D eigenvalue weighted by molar-refractivity contribution is 0.477. The van der Waals surface area contributed by atoms with Gasteiger partial charge in [0.25, 0.3) is 10.0 Å². The van der Waals surface area contributed by atoms with Crippen LogP contribution < -0.4 is 4.72 Å². The SMILES string of the molecule is Cc1cc(F)ccc1NS(=O)(=O)c1ccc(S(=O)(=O)N2CCCC2)cc1. The van der Waals surface area contributed by atoms with Crippen LogP contribution in [-0.4, -0.2) is 34.2 Å². The summed E-state index contributed by atoms with van der Waals surface area (Å²) in [4.78, 5) is -0.00194. The van der Waals surface area contributed by atoms with Crippen LogP contribution in [0.25, 0.3) is 0 Å². The fraction of sp³-hybridized carbons (Fsp3) is 0.294. The Kier molecular flexibility index (Phi) is 5.05. The molecule has 0 aromatic heterocycles. The molecule has 0 aliphatic carbocycles. The van der Waals surface area contributed by atoms with Crippen molar-refractivity contribution in [3.63, 3.8) is 0 Å². The molecule has 26 heavy (non-hydrogen) atoms. The standard InChI is InChI=1S/C17H19FN2O4S2/c1-13-12-14(18)4-9-17(13)19-25(21,22)15-5-7-16(8-6-15)26(23,24)20-10-2-3-11-20/h4-9,12,19H,2-3,10-11H2,1H3. The smallest absolute Gasteiger partial charge is 0.261 e. The number of hydrogen-bond acceptors (Lipinski definition) is 4. The quantitative estimate of drug-likeness (QED) is 0.839. The van der Waals surface area contributed by atoms with Crippen LogP contribution in [0.1, 0.15) is 18.4 Å². The highest BCUT2D eigenvalue weighted by molar-refractivity contribution is 7.92. The molecule has 0 saturated carbocycles. The maximum atomic E-state index is 13.1. The molecule has 9 heteroatoms. The van der Waals surface area contributed by atoms with Crippen molar-refractivity contribution in [2.45, 2.75) is 29.6 Å². The number of nitrogens with one attached hydrogen (secondary N) is 1. The van der Waals surface area contributed by atoms with Gasteiger partial charge >= 0.3 is 0 Å². The van der Waals surface area contributed by atoms with E-state index >= 15 is 0 Å². The number of sulfonamides is 2. The summed E-state index contributed by atoms with van der Waals surface area (Å²) in [5.41, 5.74) is 0.710. The second-order valence-electron chi connectivity index (χ2n) is 6.15. The number of rotatable bonds is 5. The van der Waals surface area contributed by atoms with E-state index in [9.17, 15) is 21.2 Å². The van der Waals surface area contributed by atoms with Gasteiger partial charge in [-0.25, -0.2) is 21.2 Å². The van der Waals surface area contributed by atoms with Crippen molar-refractivity contribution in [1.29, 1.82) is 0 Å². The molecule has 0 bridgehead atoms. The molecule has 0 radical (unpaired) electrons. The first-order chi connectivity index (χ1) is 12.2. The Hall–Kier alpha value is -1.97. The molecule has 2 aromatic carbocycles. The molecule has 1 saturated heterocycles. The molecule has 0 amide bonds. The largest absolute Gasteiger partial charge is 0.279 e. The van der Waals surface area contributed by atoms with Crippen molar-refractivity contribution in [3.05, 3.63) is 53.8 Å². The van der Waals surface area contributed by atoms with Gasteiger partial charge in [0.05, 0.1) is 15.5 Å². The monoisotopic (exact) mass is 398 g/mol. The maximum absolute atomic E-state index is 13.1. The summed E-state index contributed by atoms with van der Waals surface area (Å²) in [5.74, 6) is -0.457. The van der Waals surface area contributed by atoms with E-state index in [0.717, 1.165) is 18.9 Å². The fourth-order valence-electron chi connectivity index (χ4n) is 2.81. The van der Waals surface area contributed by atoms with Crippen molar-refractivity contribution in [1.82, 2.24) is 4.31 Å². The zero-order valence-corrected chi connectivity index (χ0v) is 15.8. The molecule has 3 rings (SSSR count). The summed E-state index contributed by atoms with van der Waals surface area (Å²) in [5, 5.41) is 0. The van der Waals surface area contributed by atoms with Gasteiger partial charge in [-0.2, -0.15) is 4.31 Å². The first-order valence-electron chi connectivity index (χ1n) is 8.09. The Morgan fingerprint density at radius 3 is 2.08 bits per heavy atom. The van der Waals surface area contributed by atoms with Crippen LogP contribution in [0.3, 0.4) is 0 Å². The third-order valence-electron chi connectivity index (χ3n) is 4.27. The molecule has 0 atom stereocenters. The Morgan fingerprint density at radius 2 is 1.50 bits per heavy atom. The van der Waals surface area contributed by atoms with E-state index in [1.807, 2.05) is 0 Å². The van der Waals surface area contributed by atoms with Gasteiger partial charge < -0.3 is 0 Å². The Balaban J connectivity index is 1.85. The average Bonchev–Trinajstić information content (AvgIpc) is 3.13. The summed E-state index contributed by atoms with van der Waals surface area (Å²) >= 11 is 0. The van der Waals surface area contributed by atoms with E-state index in [-0.39, 0.29) is 15.5 Å². The van der Waals surface area contributed by atoms with Crippen molar-refractivity contribution in [2.75, 3.05) is 17.8 Å². The van der Waals surface area contributed by atoms with Crippen LogP contribution in [0, 0.1) is 12.7 Å². The maximum Gasteiger partial charge on any atom is 0.261 e. The van der Waals surface area contributed by atoms with E-state index in [2.05, 4.69) is 4.72 Å². The molecule has 1 aliphatic rings. The van der Waals surface area contributed by atoms with Gasteiger partial charge in [0, 0.05) is 13.1 Å². The van der Waals surface area contributed by atoms with Gasteiger partial charge in [-0.15, -0.1) is 0 Å². The summed E-state index contributed by atoms with van der Waals surface area (Å²) in [6, 6.07) is 8.82. The topological polar surface area (TPSA) is 83.5 Å². The first kappa shape index (κ1) is 18.8. The number of halogens is 1. The van der Waals surface area contributed by atoms with E-state index < -0.39 is 25.9 Å². The van der Waals surface area contributed by atoms with Crippen molar-refractivity contribution < 1.29 is 21.2 Å². The lowest BCUT2D eigenvalue weighted by atomic mass is 10.2. The molecule has 140 valence electrons. The Morgan fingerprint density at radius 1 is 0.923 bits per heavy atom. The van der Waals surface area contributed by atoms with E-state index in [0.29, 0.717) is 18.7 Å². The number of benzene rings is 2. The summed E-state index contributed by atoms with van der Waals surface area (Å²) < 4.78 is 66.9. The van der Waals surface area contributed by atoms with Crippen LogP contribution in [-0.2, 0) is 20.0 Å². The third kappa shape index (κ3) is 3.74. The minimum atomic E-state index is -3.91. The van der Waals surface area contributed by atoms with Crippen molar-refractivity contribution in [2.24, 2.45) is 0 Å². The molecule has 1 fully saturated rings. The molecular formula is C17H19FN2O4S2. The predicted molar refractivity (Wildman–Crippen MR) is 96.4 cm³/mol. The highest BCUT2D eigenvalue weighted by Crippen LogP contribution is 2.24. The van der Waals surface area contributed by atoms with Gasteiger partial charge in [0.15, 0.2) is 0 Å². The molecule has 1 heterocycles. The van der Waals surface area contributed by atoms with Crippen LogP contribution in [0.2, 0.25) is 0 Å². The highest BCUT2D eigenvalue weighted by atomic mass is 32.2. The molecule has 0 spiro atoms. The zero-order valence-electron chi connectivity index (χ0n) is 14.1. The van der Waals surface area contributed by atoms with Gasteiger partial charge in [-0.05, 0) is 67.8 Å². The number of anilines is 1. The molecular weight excluding hydrogens is 379 g/mol.